The number of benzene rings is 1. The highest BCUT2D eigenvalue weighted by molar-refractivity contribution is 9.10. The van der Waals surface area contributed by atoms with E-state index in [-0.39, 0.29) is 0 Å². The lowest BCUT2D eigenvalue weighted by atomic mass is 10.0. The summed E-state index contributed by atoms with van der Waals surface area (Å²) in [5, 5.41) is 8.07. The van der Waals surface area contributed by atoms with Gasteiger partial charge in [-0.15, -0.1) is 0 Å². The Bertz CT molecular complexity index is 604. The molecule has 0 saturated heterocycles. The molecule has 4 heteroatoms. The average molecular weight is 350 g/mol. The minimum Gasteiger partial charge on any atom is -0.313 e. The summed E-state index contributed by atoms with van der Waals surface area (Å²) in [5.41, 5.74) is 5.04. The number of hydrogen-bond donors (Lipinski definition) is 1. The van der Waals surface area contributed by atoms with Gasteiger partial charge in [0.1, 0.15) is 0 Å². The predicted octanol–water partition coefficient (Wildman–Crippen LogP) is 4.04. The highest BCUT2D eigenvalue weighted by Crippen LogP contribution is 2.24. The van der Waals surface area contributed by atoms with Crippen LogP contribution in [0, 0.1) is 6.92 Å². The van der Waals surface area contributed by atoms with Crippen molar-refractivity contribution in [3.63, 3.8) is 0 Å². The highest BCUT2D eigenvalue weighted by Gasteiger charge is 2.15. The smallest absolute Gasteiger partial charge is 0.0624 e. The van der Waals surface area contributed by atoms with Gasteiger partial charge in [0, 0.05) is 29.2 Å². The maximum Gasteiger partial charge on any atom is 0.0624 e. The van der Waals surface area contributed by atoms with Crippen molar-refractivity contribution in [3.8, 4) is 0 Å². The van der Waals surface area contributed by atoms with Gasteiger partial charge < -0.3 is 5.32 Å². The van der Waals surface area contributed by atoms with Gasteiger partial charge in [0.25, 0.3) is 0 Å². The average Bonchev–Trinajstić information content (AvgIpc) is 2.90. The second-order valence-electron chi connectivity index (χ2n) is 5.35. The zero-order valence-corrected chi connectivity index (χ0v) is 14.9. The Morgan fingerprint density at radius 3 is 2.62 bits per heavy atom. The fraction of sp³-hybridized carbons (Fsp3) is 0.471. The van der Waals surface area contributed by atoms with Gasteiger partial charge in [-0.1, -0.05) is 35.0 Å². The Hall–Kier alpha value is -1.13. The van der Waals surface area contributed by atoms with Crippen LogP contribution in [0.5, 0.6) is 0 Å². The van der Waals surface area contributed by atoms with Gasteiger partial charge in [-0.3, -0.25) is 4.68 Å². The van der Waals surface area contributed by atoms with E-state index in [1.165, 1.54) is 27.0 Å². The molecule has 0 saturated carbocycles. The van der Waals surface area contributed by atoms with Gasteiger partial charge >= 0.3 is 0 Å². The zero-order chi connectivity index (χ0) is 15.4. The normalized spacial score (nSPS) is 12.6. The van der Waals surface area contributed by atoms with Gasteiger partial charge in [-0.05, 0) is 50.6 Å². The number of rotatable bonds is 6. The summed E-state index contributed by atoms with van der Waals surface area (Å²) in [6.45, 7) is 7.33. The molecule has 2 rings (SSSR count). The van der Waals surface area contributed by atoms with Gasteiger partial charge in [-0.25, -0.2) is 0 Å². The molecule has 0 aliphatic rings. The van der Waals surface area contributed by atoms with Crippen LogP contribution >= 0.6 is 15.9 Å². The summed E-state index contributed by atoms with van der Waals surface area (Å²) in [4.78, 5) is 0. The summed E-state index contributed by atoms with van der Waals surface area (Å²) in [7, 11) is 2.02. The lowest BCUT2D eigenvalue weighted by Crippen LogP contribution is -2.20. The third kappa shape index (κ3) is 3.74. The fourth-order valence-electron chi connectivity index (χ4n) is 2.55. The third-order valence-electron chi connectivity index (χ3n) is 3.94. The second-order valence-corrected chi connectivity index (χ2v) is 6.20. The molecule has 0 fully saturated rings. The first-order valence-corrected chi connectivity index (χ1v) is 8.37. The lowest BCUT2D eigenvalue weighted by molar-refractivity contribution is 0.540. The Morgan fingerprint density at radius 2 is 2.05 bits per heavy atom. The lowest BCUT2D eigenvalue weighted by Gasteiger charge is -2.18. The van der Waals surface area contributed by atoms with Crippen LogP contribution in [-0.4, -0.2) is 16.8 Å². The number of likely N-dealkylation sites (N-methyl/N-ethyl adjacent to an activating group) is 1. The molecular weight excluding hydrogens is 326 g/mol. The standard InChI is InChI=1S/C17H24BrN3/c1-5-14-10-15(21(6-2)20-14)11-17(19-4)13-8-7-12(3)16(18)9-13/h7-10,17,19H,5-6,11H2,1-4H3. The number of aromatic nitrogens is 2. The molecule has 3 nitrogen and oxygen atoms in total. The largest absolute Gasteiger partial charge is 0.313 e. The second kappa shape index (κ2) is 7.23. The van der Waals surface area contributed by atoms with Crippen molar-refractivity contribution in [1.82, 2.24) is 15.1 Å². The fourth-order valence-corrected chi connectivity index (χ4v) is 2.94. The van der Waals surface area contributed by atoms with Crippen LogP contribution < -0.4 is 5.32 Å². The van der Waals surface area contributed by atoms with E-state index >= 15 is 0 Å². The van der Waals surface area contributed by atoms with Crippen LogP contribution in [0.2, 0.25) is 0 Å². The molecule has 2 aromatic rings. The van der Waals surface area contributed by atoms with E-state index in [9.17, 15) is 0 Å². The van der Waals surface area contributed by atoms with E-state index in [2.05, 4.69) is 76.1 Å². The van der Waals surface area contributed by atoms with Crippen molar-refractivity contribution in [2.45, 2.75) is 46.2 Å². The summed E-state index contributed by atoms with van der Waals surface area (Å²) in [6.07, 6.45) is 1.94. The SMILES string of the molecule is CCc1cc(CC(NC)c2ccc(C)c(Br)c2)n(CC)n1. The van der Waals surface area contributed by atoms with Crippen LogP contribution in [0.4, 0.5) is 0 Å². The number of nitrogens with one attached hydrogen (secondary N) is 1. The molecule has 0 aliphatic carbocycles. The van der Waals surface area contributed by atoms with Crippen molar-refractivity contribution in [1.29, 1.82) is 0 Å². The van der Waals surface area contributed by atoms with E-state index in [1.807, 2.05) is 7.05 Å². The van der Waals surface area contributed by atoms with Crippen LogP contribution in [0.1, 0.15) is 42.4 Å². The first kappa shape index (κ1) is 16.2. The molecule has 0 aliphatic heterocycles. The third-order valence-corrected chi connectivity index (χ3v) is 4.79. The molecule has 1 heterocycles. The van der Waals surface area contributed by atoms with E-state index in [0.717, 1.165) is 19.4 Å². The Kier molecular flexibility index (Phi) is 5.59. The molecule has 1 aromatic carbocycles. The summed E-state index contributed by atoms with van der Waals surface area (Å²) in [5.74, 6) is 0. The van der Waals surface area contributed by atoms with Crippen molar-refractivity contribution >= 4 is 15.9 Å². The topological polar surface area (TPSA) is 29.9 Å². The number of halogens is 1. The molecule has 1 unspecified atom stereocenters. The maximum atomic E-state index is 4.64. The Labute approximate surface area is 135 Å². The van der Waals surface area contributed by atoms with Crippen molar-refractivity contribution in [2.75, 3.05) is 7.05 Å². The van der Waals surface area contributed by atoms with Gasteiger partial charge in [-0.2, -0.15) is 5.10 Å². The van der Waals surface area contributed by atoms with Crippen molar-refractivity contribution < 1.29 is 0 Å². The maximum absolute atomic E-state index is 4.64. The van der Waals surface area contributed by atoms with E-state index in [1.54, 1.807) is 0 Å². The van der Waals surface area contributed by atoms with Crippen LogP contribution in [0.25, 0.3) is 0 Å². The monoisotopic (exact) mass is 349 g/mol. The van der Waals surface area contributed by atoms with E-state index < -0.39 is 0 Å². The Morgan fingerprint density at radius 1 is 1.29 bits per heavy atom. The molecule has 0 bridgehead atoms. The predicted molar refractivity (Wildman–Crippen MR) is 91.7 cm³/mol. The number of nitrogens with zero attached hydrogens (tertiary/aromatic N) is 2. The van der Waals surface area contributed by atoms with Crippen LogP contribution in [-0.2, 0) is 19.4 Å². The van der Waals surface area contributed by atoms with Crippen LogP contribution in [0.3, 0.4) is 0 Å². The number of aryl methyl sites for hydroxylation is 3. The van der Waals surface area contributed by atoms with E-state index in [4.69, 9.17) is 0 Å². The van der Waals surface area contributed by atoms with Gasteiger partial charge in [0.05, 0.1) is 5.69 Å². The van der Waals surface area contributed by atoms with Crippen molar-refractivity contribution in [2.24, 2.45) is 0 Å². The molecule has 1 aromatic heterocycles. The molecule has 1 atom stereocenters. The van der Waals surface area contributed by atoms with Gasteiger partial charge in [0.15, 0.2) is 0 Å². The summed E-state index contributed by atoms with van der Waals surface area (Å²) >= 11 is 3.63. The minimum absolute atomic E-state index is 0.300. The summed E-state index contributed by atoms with van der Waals surface area (Å²) < 4.78 is 3.28. The molecule has 21 heavy (non-hydrogen) atoms. The quantitative estimate of drug-likeness (QED) is 0.852. The number of hydrogen-bond acceptors (Lipinski definition) is 2. The van der Waals surface area contributed by atoms with Gasteiger partial charge in [0.2, 0.25) is 0 Å². The zero-order valence-electron chi connectivity index (χ0n) is 13.3. The Balaban J connectivity index is 2.26. The molecule has 0 spiro atoms. The minimum atomic E-state index is 0.300. The molecule has 114 valence electrons. The highest BCUT2D eigenvalue weighted by atomic mass is 79.9. The summed E-state index contributed by atoms with van der Waals surface area (Å²) in [6, 6.07) is 9.11. The molecule has 0 amide bonds. The van der Waals surface area contributed by atoms with Crippen molar-refractivity contribution in [3.05, 3.63) is 51.3 Å². The molecular formula is C17H24BrN3. The molecule has 1 N–H and O–H groups in total. The molecule has 0 radical (unpaired) electrons. The van der Waals surface area contributed by atoms with E-state index in [0.29, 0.717) is 6.04 Å². The van der Waals surface area contributed by atoms with Crippen LogP contribution in [0.15, 0.2) is 28.7 Å². The first-order valence-electron chi connectivity index (χ1n) is 7.57. The first-order chi connectivity index (χ1) is 10.1.